The molecule has 1 aliphatic rings. The SMILES string of the molecule is CC(C)n1nccc1CN1CCNCC1c1cccc(Cl)c1.Cl. The molecule has 1 fully saturated rings. The molecule has 1 aliphatic heterocycles. The van der Waals surface area contributed by atoms with Crippen molar-refractivity contribution in [2.45, 2.75) is 32.5 Å². The largest absolute Gasteiger partial charge is 0.314 e. The average molecular weight is 355 g/mol. The molecule has 3 rings (SSSR count). The van der Waals surface area contributed by atoms with Crippen LogP contribution in [0.5, 0.6) is 0 Å². The summed E-state index contributed by atoms with van der Waals surface area (Å²) in [4.78, 5) is 2.51. The maximum Gasteiger partial charge on any atom is 0.0527 e. The Bertz CT molecular complexity index is 627. The molecular formula is C17H24Cl2N4. The number of hydrogen-bond acceptors (Lipinski definition) is 3. The molecule has 126 valence electrons. The Morgan fingerprint density at radius 3 is 2.91 bits per heavy atom. The molecule has 0 saturated carbocycles. The summed E-state index contributed by atoms with van der Waals surface area (Å²) in [6.07, 6.45) is 1.89. The van der Waals surface area contributed by atoms with Crippen LogP contribution in [0.2, 0.25) is 5.02 Å². The summed E-state index contributed by atoms with van der Waals surface area (Å²) < 4.78 is 2.11. The highest BCUT2D eigenvalue weighted by Gasteiger charge is 2.25. The minimum atomic E-state index is 0. The highest BCUT2D eigenvalue weighted by molar-refractivity contribution is 6.30. The van der Waals surface area contributed by atoms with Gasteiger partial charge in [0.05, 0.1) is 5.69 Å². The van der Waals surface area contributed by atoms with Gasteiger partial charge in [-0.05, 0) is 37.6 Å². The topological polar surface area (TPSA) is 33.1 Å². The van der Waals surface area contributed by atoms with Crippen LogP contribution in [0, 0.1) is 0 Å². The summed E-state index contributed by atoms with van der Waals surface area (Å²) in [5.74, 6) is 0. The van der Waals surface area contributed by atoms with E-state index in [1.807, 2.05) is 18.3 Å². The summed E-state index contributed by atoms with van der Waals surface area (Å²) in [6.45, 7) is 8.26. The third kappa shape index (κ3) is 4.27. The first-order valence-electron chi connectivity index (χ1n) is 7.88. The van der Waals surface area contributed by atoms with Crippen LogP contribution >= 0.6 is 24.0 Å². The van der Waals surface area contributed by atoms with Crippen molar-refractivity contribution in [3.63, 3.8) is 0 Å². The van der Waals surface area contributed by atoms with E-state index in [-0.39, 0.29) is 12.4 Å². The van der Waals surface area contributed by atoms with Crippen molar-refractivity contribution in [1.82, 2.24) is 20.0 Å². The van der Waals surface area contributed by atoms with Crippen molar-refractivity contribution in [2.75, 3.05) is 19.6 Å². The fraction of sp³-hybridized carbons (Fsp3) is 0.471. The van der Waals surface area contributed by atoms with E-state index in [0.717, 1.165) is 31.2 Å². The van der Waals surface area contributed by atoms with Crippen LogP contribution in [0.15, 0.2) is 36.5 Å². The van der Waals surface area contributed by atoms with E-state index in [0.29, 0.717) is 12.1 Å². The first-order chi connectivity index (χ1) is 10.6. The number of benzene rings is 1. The molecular weight excluding hydrogens is 331 g/mol. The van der Waals surface area contributed by atoms with Gasteiger partial charge in [-0.3, -0.25) is 9.58 Å². The van der Waals surface area contributed by atoms with Gasteiger partial charge in [-0.2, -0.15) is 5.10 Å². The Hall–Kier alpha value is -1.07. The lowest BCUT2D eigenvalue weighted by molar-refractivity contribution is 0.148. The minimum absolute atomic E-state index is 0. The molecule has 1 saturated heterocycles. The fourth-order valence-electron chi connectivity index (χ4n) is 3.12. The number of nitrogens with one attached hydrogen (secondary N) is 1. The summed E-state index contributed by atoms with van der Waals surface area (Å²) >= 11 is 6.17. The summed E-state index contributed by atoms with van der Waals surface area (Å²) in [6, 6.07) is 11.1. The Morgan fingerprint density at radius 2 is 2.17 bits per heavy atom. The number of nitrogens with zero attached hydrogens (tertiary/aromatic N) is 3. The summed E-state index contributed by atoms with van der Waals surface area (Å²) in [5, 5.41) is 8.74. The Kier molecular flexibility index (Phi) is 6.48. The lowest BCUT2D eigenvalue weighted by Gasteiger charge is -2.36. The lowest BCUT2D eigenvalue weighted by atomic mass is 10.0. The van der Waals surface area contributed by atoms with Gasteiger partial charge >= 0.3 is 0 Å². The highest BCUT2D eigenvalue weighted by atomic mass is 35.5. The van der Waals surface area contributed by atoms with Gasteiger partial charge in [-0.1, -0.05) is 23.7 Å². The summed E-state index contributed by atoms with van der Waals surface area (Å²) in [5.41, 5.74) is 2.54. The quantitative estimate of drug-likeness (QED) is 0.908. The van der Waals surface area contributed by atoms with Crippen molar-refractivity contribution < 1.29 is 0 Å². The third-order valence-corrected chi connectivity index (χ3v) is 4.43. The molecule has 0 aliphatic carbocycles. The Balaban J connectivity index is 0.00000192. The van der Waals surface area contributed by atoms with Crippen molar-refractivity contribution in [1.29, 1.82) is 0 Å². The zero-order valence-corrected chi connectivity index (χ0v) is 15.1. The molecule has 1 aromatic carbocycles. The zero-order chi connectivity index (χ0) is 15.5. The normalized spacial score (nSPS) is 18.9. The van der Waals surface area contributed by atoms with Crippen LogP contribution in [0.1, 0.15) is 37.2 Å². The van der Waals surface area contributed by atoms with Crippen molar-refractivity contribution in [2.24, 2.45) is 0 Å². The second-order valence-electron chi connectivity index (χ2n) is 6.11. The van der Waals surface area contributed by atoms with Gasteiger partial charge in [-0.25, -0.2) is 0 Å². The lowest BCUT2D eigenvalue weighted by Crippen LogP contribution is -2.45. The number of hydrogen-bond donors (Lipinski definition) is 1. The van der Waals surface area contributed by atoms with E-state index in [1.54, 1.807) is 0 Å². The molecule has 0 bridgehead atoms. The molecule has 0 amide bonds. The van der Waals surface area contributed by atoms with Crippen molar-refractivity contribution >= 4 is 24.0 Å². The van der Waals surface area contributed by atoms with Crippen LogP contribution in [0.4, 0.5) is 0 Å². The molecule has 0 radical (unpaired) electrons. The van der Waals surface area contributed by atoms with Crippen LogP contribution in [0.3, 0.4) is 0 Å². The van der Waals surface area contributed by atoms with E-state index in [1.165, 1.54) is 11.3 Å². The third-order valence-electron chi connectivity index (χ3n) is 4.19. The monoisotopic (exact) mass is 354 g/mol. The van der Waals surface area contributed by atoms with Crippen LogP contribution in [0.25, 0.3) is 0 Å². The molecule has 1 N–H and O–H groups in total. The standard InChI is InChI=1S/C17H23ClN4.ClH/c1-13(2)22-16(6-7-20-22)12-21-9-8-19-11-17(21)14-4-3-5-15(18)10-14;/h3-7,10,13,17,19H,8-9,11-12H2,1-2H3;1H. The molecule has 1 unspecified atom stereocenters. The van der Waals surface area contributed by atoms with E-state index < -0.39 is 0 Å². The minimum Gasteiger partial charge on any atom is -0.314 e. The molecule has 4 nitrogen and oxygen atoms in total. The van der Waals surface area contributed by atoms with E-state index in [9.17, 15) is 0 Å². The van der Waals surface area contributed by atoms with E-state index in [2.05, 4.69) is 52.0 Å². The van der Waals surface area contributed by atoms with Gasteiger partial charge < -0.3 is 5.32 Å². The second kappa shape index (κ2) is 8.15. The molecule has 2 heterocycles. The Labute approximate surface area is 149 Å². The first kappa shape index (κ1) is 18.3. The van der Waals surface area contributed by atoms with Crippen LogP contribution < -0.4 is 5.32 Å². The highest BCUT2D eigenvalue weighted by Crippen LogP contribution is 2.26. The van der Waals surface area contributed by atoms with E-state index in [4.69, 9.17) is 11.6 Å². The van der Waals surface area contributed by atoms with Gasteiger partial charge in [-0.15, -0.1) is 12.4 Å². The van der Waals surface area contributed by atoms with Gasteiger partial charge in [0.25, 0.3) is 0 Å². The van der Waals surface area contributed by atoms with Crippen molar-refractivity contribution in [3.8, 4) is 0 Å². The predicted octanol–water partition coefficient (Wildman–Crippen LogP) is 3.69. The van der Waals surface area contributed by atoms with Crippen molar-refractivity contribution in [3.05, 3.63) is 52.8 Å². The molecule has 0 spiro atoms. The fourth-order valence-corrected chi connectivity index (χ4v) is 3.32. The number of rotatable bonds is 4. The average Bonchev–Trinajstić information content (AvgIpc) is 2.96. The second-order valence-corrected chi connectivity index (χ2v) is 6.54. The molecule has 1 aromatic heterocycles. The zero-order valence-electron chi connectivity index (χ0n) is 13.6. The molecule has 23 heavy (non-hydrogen) atoms. The van der Waals surface area contributed by atoms with Gasteiger partial charge in [0.1, 0.15) is 0 Å². The smallest absolute Gasteiger partial charge is 0.0527 e. The van der Waals surface area contributed by atoms with E-state index >= 15 is 0 Å². The maximum absolute atomic E-state index is 6.17. The maximum atomic E-state index is 6.17. The van der Waals surface area contributed by atoms with Gasteiger partial charge in [0.15, 0.2) is 0 Å². The molecule has 6 heteroatoms. The Morgan fingerprint density at radius 1 is 1.35 bits per heavy atom. The molecule has 1 atom stereocenters. The number of piperazine rings is 1. The van der Waals surface area contributed by atoms with Crippen LogP contribution in [-0.2, 0) is 6.54 Å². The predicted molar refractivity (Wildman–Crippen MR) is 97.3 cm³/mol. The summed E-state index contributed by atoms with van der Waals surface area (Å²) in [7, 11) is 0. The molecule has 2 aromatic rings. The van der Waals surface area contributed by atoms with Gasteiger partial charge in [0, 0.05) is 49.5 Å². The van der Waals surface area contributed by atoms with Gasteiger partial charge in [0.2, 0.25) is 0 Å². The first-order valence-corrected chi connectivity index (χ1v) is 8.25. The number of halogens is 2. The number of aromatic nitrogens is 2. The van der Waals surface area contributed by atoms with Crippen LogP contribution in [-0.4, -0.2) is 34.3 Å².